The highest BCUT2D eigenvalue weighted by molar-refractivity contribution is 6.35. The van der Waals surface area contributed by atoms with Gasteiger partial charge in [-0.2, -0.15) is 4.98 Å². The maximum Gasteiger partial charge on any atom is 0.283 e. The first kappa shape index (κ1) is 32.5. The molecule has 8 rings (SSSR count). The number of hydrogen-bond acceptors (Lipinski definition) is 8. The number of anilines is 3. The second kappa shape index (κ2) is 12.9. The fourth-order valence-corrected chi connectivity index (χ4v) is 8.27. The molecule has 260 valence electrons. The Bertz CT molecular complexity index is 2200. The molecule has 1 atom stereocenters. The van der Waals surface area contributed by atoms with E-state index in [2.05, 4.69) is 66.9 Å². The number of imidazole rings is 1. The Kier molecular flexibility index (Phi) is 8.39. The average molecular weight is 699 g/mol. The molecule has 0 spiro atoms. The van der Waals surface area contributed by atoms with E-state index in [1.165, 1.54) is 6.07 Å². The zero-order chi connectivity index (χ0) is 34.7. The summed E-state index contributed by atoms with van der Waals surface area (Å²) >= 11 is 6.45. The quantitative estimate of drug-likeness (QED) is 0.234. The van der Waals surface area contributed by atoms with Gasteiger partial charge >= 0.3 is 0 Å². The number of piperidine rings is 2. The van der Waals surface area contributed by atoms with Crippen molar-refractivity contribution in [3.05, 3.63) is 75.8 Å². The van der Waals surface area contributed by atoms with Crippen LogP contribution < -0.4 is 26.0 Å². The van der Waals surface area contributed by atoms with E-state index in [9.17, 15) is 14.4 Å². The van der Waals surface area contributed by atoms with Gasteiger partial charge < -0.3 is 19.7 Å². The van der Waals surface area contributed by atoms with E-state index in [1.54, 1.807) is 18.2 Å². The van der Waals surface area contributed by atoms with Crippen molar-refractivity contribution in [2.45, 2.75) is 57.7 Å². The number of aromatic nitrogens is 3. The van der Waals surface area contributed by atoms with Crippen LogP contribution in [0.15, 0.2) is 59.4 Å². The Morgan fingerprint density at radius 3 is 2.38 bits per heavy atom. The number of imide groups is 1. The number of fused-ring (bicyclic) bond motifs is 5. The van der Waals surface area contributed by atoms with Crippen LogP contribution >= 0.6 is 11.6 Å². The number of hydrogen-bond donors (Lipinski definition) is 2. The zero-order valence-electron chi connectivity index (χ0n) is 28.2. The summed E-state index contributed by atoms with van der Waals surface area (Å²) in [4.78, 5) is 48.2. The van der Waals surface area contributed by atoms with E-state index in [4.69, 9.17) is 11.6 Å². The number of rotatable bonds is 6. The Morgan fingerprint density at radius 2 is 1.66 bits per heavy atom. The van der Waals surface area contributed by atoms with Gasteiger partial charge in [0.15, 0.2) is 0 Å². The molecule has 2 N–H and O–H groups in total. The maximum atomic E-state index is 15.3. The van der Waals surface area contributed by atoms with E-state index in [-0.39, 0.29) is 35.7 Å². The van der Waals surface area contributed by atoms with Crippen LogP contribution in [0, 0.1) is 5.82 Å². The summed E-state index contributed by atoms with van der Waals surface area (Å²) < 4.78 is 19.4. The van der Waals surface area contributed by atoms with Gasteiger partial charge in [0.1, 0.15) is 11.9 Å². The van der Waals surface area contributed by atoms with E-state index in [0.717, 1.165) is 74.3 Å². The predicted octanol–water partition coefficient (Wildman–Crippen LogP) is 5.18. The van der Waals surface area contributed by atoms with Crippen LogP contribution in [0.3, 0.4) is 0 Å². The van der Waals surface area contributed by atoms with E-state index < -0.39 is 6.04 Å². The maximum absolute atomic E-state index is 15.3. The highest BCUT2D eigenvalue weighted by Crippen LogP contribution is 2.33. The van der Waals surface area contributed by atoms with Gasteiger partial charge in [-0.1, -0.05) is 17.7 Å². The smallest absolute Gasteiger partial charge is 0.283 e. The van der Waals surface area contributed by atoms with Crippen LogP contribution in [-0.4, -0.2) is 82.0 Å². The third-order valence-electron chi connectivity index (χ3n) is 10.6. The van der Waals surface area contributed by atoms with Crippen molar-refractivity contribution in [1.82, 2.24) is 24.2 Å². The minimum atomic E-state index is -0.548. The average Bonchev–Trinajstić information content (AvgIpc) is 3.43. The molecule has 0 aliphatic carbocycles. The van der Waals surface area contributed by atoms with Crippen LogP contribution in [0.2, 0.25) is 5.02 Å². The van der Waals surface area contributed by atoms with Gasteiger partial charge in [-0.05, 0) is 81.6 Å². The fourth-order valence-electron chi connectivity index (χ4n) is 8.02. The largest absolute Gasteiger partial charge is 0.374 e. The molecular weight excluding hydrogens is 659 g/mol. The zero-order valence-corrected chi connectivity index (χ0v) is 28.9. The van der Waals surface area contributed by atoms with Gasteiger partial charge in [-0.3, -0.25) is 29.0 Å². The summed E-state index contributed by atoms with van der Waals surface area (Å²) in [6.45, 7) is 9.29. The summed E-state index contributed by atoms with van der Waals surface area (Å²) in [6, 6.07) is 17.1. The van der Waals surface area contributed by atoms with Crippen LogP contribution in [-0.2, 0) is 9.59 Å². The number of carbonyl (C=O) groups excluding carboxylic acids is 2. The molecule has 3 saturated heterocycles. The summed E-state index contributed by atoms with van der Waals surface area (Å²) in [7, 11) is 0. The number of carbonyl (C=O) groups is 2. The molecule has 0 radical (unpaired) electrons. The molecule has 3 aliphatic heterocycles. The molecule has 3 fully saturated rings. The molecule has 5 heterocycles. The van der Waals surface area contributed by atoms with Crippen molar-refractivity contribution in [3.63, 3.8) is 0 Å². The third-order valence-corrected chi connectivity index (χ3v) is 10.9. The summed E-state index contributed by atoms with van der Waals surface area (Å²) in [5, 5.41) is 6.23. The van der Waals surface area contributed by atoms with Crippen LogP contribution in [0.4, 0.5) is 21.5 Å². The Labute approximate surface area is 293 Å². The number of piperazine rings is 1. The highest BCUT2D eigenvalue weighted by atomic mass is 35.5. The number of nitrogens with zero attached hydrogens (tertiary/aromatic N) is 6. The first-order valence-corrected chi connectivity index (χ1v) is 17.8. The molecule has 3 aliphatic rings. The van der Waals surface area contributed by atoms with Gasteiger partial charge in [-0.25, -0.2) is 4.39 Å². The molecule has 0 bridgehead atoms. The first-order chi connectivity index (χ1) is 24.2. The van der Waals surface area contributed by atoms with E-state index >= 15 is 4.39 Å². The molecule has 50 heavy (non-hydrogen) atoms. The molecular formula is C37H40ClFN8O3. The molecule has 3 aromatic carbocycles. The van der Waals surface area contributed by atoms with Crippen LogP contribution in [0.5, 0.6) is 0 Å². The lowest BCUT2D eigenvalue weighted by Gasteiger charge is -2.44. The van der Waals surface area contributed by atoms with Gasteiger partial charge in [-0.15, -0.1) is 0 Å². The third kappa shape index (κ3) is 5.73. The molecule has 0 saturated carbocycles. The van der Waals surface area contributed by atoms with E-state index in [0.29, 0.717) is 40.0 Å². The summed E-state index contributed by atoms with van der Waals surface area (Å²) in [5.74, 6) is -0.357. The Morgan fingerprint density at radius 1 is 0.880 bits per heavy atom. The van der Waals surface area contributed by atoms with Crippen molar-refractivity contribution in [1.29, 1.82) is 0 Å². The van der Waals surface area contributed by atoms with Gasteiger partial charge in [0.05, 0.1) is 32.6 Å². The lowest BCUT2D eigenvalue weighted by molar-refractivity contribution is -0.133. The molecule has 11 nitrogen and oxygen atoms in total. The standard InChI is InChI=1S/C37H40ClFN8O3/c1-22(2)46-32-21-25(7-10-30(32)47-31-5-3-4-26(38)34(31)36(50)42-37(46)47)43-14-12-24(13-15-43)44-16-18-45(19-17-44)29-9-6-23(20-27(29)39)40-28-8-11-33(48)41-35(28)49/h3-7,9-10,20-22,24,28,40H,8,11-19H2,1-2H3,(H,41,48,49). The van der Waals surface area contributed by atoms with Gasteiger partial charge in [0.25, 0.3) is 5.56 Å². The lowest BCUT2D eigenvalue weighted by atomic mass is 10.0. The van der Waals surface area contributed by atoms with Crippen molar-refractivity contribution in [3.8, 4) is 0 Å². The molecule has 1 unspecified atom stereocenters. The number of amides is 2. The minimum Gasteiger partial charge on any atom is -0.374 e. The normalized spacial score (nSPS) is 19.7. The van der Waals surface area contributed by atoms with Crippen LogP contribution in [0.1, 0.15) is 45.6 Å². The SMILES string of the molecule is CC(C)n1c2cc(N3CCC(N4CCN(c5ccc(NC6CCC(=O)NC6=O)cc5F)CC4)CC3)ccc2n2c3cccc(Cl)c3c(=O)nc12. The Balaban J connectivity index is 0.927. The molecule has 2 aromatic heterocycles. The first-order valence-electron chi connectivity index (χ1n) is 17.4. The molecule has 5 aromatic rings. The predicted molar refractivity (Wildman–Crippen MR) is 195 cm³/mol. The molecule has 2 amide bonds. The fraction of sp³-hybridized carbons (Fsp3) is 0.405. The van der Waals surface area contributed by atoms with Crippen molar-refractivity contribution < 1.29 is 14.0 Å². The lowest BCUT2D eigenvalue weighted by Crippen LogP contribution is -2.53. The monoisotopic (exact) mass is 698 g/mol. The van der Waals surface area contributed by atoms with Crippen molar-refractivity contribution in [2.24, 2.45) is 0 Å². The minimum absolute atomic E-state index is 0.0894. The van der Waals surface area contributed by atoms with E-state index in [1.807, 2.05) is 16.5 Å². The summed E-state index contributed by atoms with van der Waals surface area (Å²) in [6.07, 6.45) is 2.74. The van der Waals surface area contributed by atoms with Gasteiger partial charge in [0.2, 0.25) is 17.6 Å². The number of halogens is 2. The van der Waals surface area contributed by atoms with Crippen LogP contribution in [0.25, 0.3) is 27.7 Å². The second-order valence-corrected chi connectivity index (χ2v) is 14.3. The molecule has 13 heteroatoms. The Hall–Kier alpha value is -4.68. The topological polar surface area (TPSA) is 107 Å². The highest BCUT2D eigenvalue weighted by Gasteiger charge is 2.30. The summed E-state index contributed by atoms with van der Waals surface area (Å²) in [5.41, 5.74) is 4.71. The number of nitrogens with one attached hydrogen (secondary N) is 2. The second-order valence-electron chi connectivity index (χ2n) is 13.9. The number of benzene rings is 3. The van der Waals surface area contributed by atoms with Gasteiger partial charge in [0, 0.05) is 69.1 Å². The van der Waals surface area contributed by atoms with Crippen molar-refractivity contribution >= 4 is 68.2 Å². The van der Waals surface area contributed by atoms with Crippen molar-refractivity contribution in [2.75, 3.05) is 54.4 Å².